The Bertz CT molecular complexity index is 1290. The van der Waals surface area contributed by atoms with Crippen LogP contribution in [-0.4, -0.2) is 38.7 Å². The summed E-state index contributed by atoms with van der Waals surface area (Å²) in [7, 11) is 1.69. The Kier molecular flexibility index (Phi) is 5.76. The van der Waals surface area contributed by atoms with Gasteiger partial charge in [-0.1, -0.05) is 18.2 Å². The summed E-state index contributed by atoms with van der Waals surface area (Å²) < 4.78 is 2.20. The molecule has 2 aromatic carbocycles. The molecule has 32 heavy (non-hydrogen) atoms. The number of carboxylic acids is 1. The molecule has 0 bridgehead atoms. The minimum Gasteiger partial charge on any atom is -0.478 e. The van der Waals surface area contributed by atoms with Gasteiger partial charge < -0.3 is 9.67 Å². The first kappa shape index (κ1) is 21.6. The van der Waals surface area contributed by atoms with E-state index in [2.05, 4.69) is 48.5 Å². The van der Waals surface area contributed by atoms with Crippen LogP contribution < -0.4 is 0 Å². The highest BCUT2D eigenvalue weighted by Gasteiger charge is 2.30. The van der Waals surface area contributed by atoms with Crippen molar-refractivity contribution in [2.24, 2.45) is 4.99 Å². The summed E-state index contributed by atoms with van der Waals surface area (Å²) in [4.78, 5) is 30.5. The normalized spacial score (nSPS) is 16.4. The molecule has 2 heterocycles. The third-order valence-corrected chi connectivity index (χ3v) is 6.52. The molecular weight excluding hydrogens is 422 g/mol. The topological polar surface area (TPSA) is 74.9 Å². The number of nitrogens with zero attached hydrogens (tertiary/aromatic N) is 3. The van der Waals surface area contributed by atoms with Crippen molar-refractivity contribution < 1.29 is 14.7 Å². The van der Waals surface area contributed by atoms with Gasteiger partial charge in [0.15, 0.2) is 5.17 Å². The molecule has 6 nitrogen and oxygen atoms in total. The standard InChI is InChI=1S/C25H23N3O3S/c1-15-7-5-6-8-21(15)28-16(2)13-19(17(28)3)14-22-23(29)27(4)25(32-22)26-20-11-9-18(10-12-20)24(30)31/h5-14H,1-4H3,(H,30,31)/b22-14-,26-25?. The van der Waals surface area contributed by atoms with Crippen molar-refractivity contribution in [3.05, 3.63) is 87.6 Å². The first-order valence-corrected chi connectivity index (χ1v) is 10.9. The molecule has 162 valence electrons. The van der Waals surface area contributed by atoms with Gasteiger partial charge in [0.05, 0.1) is 16.2 Å². The van der Waals surface area contributed by atoms with Crippen molar-refractivity contribution in [2.45, 2.75) is 20.8 Å². The number of aliphatic imine (C=N–C) groups is 1. The zero-order chi connectivity index (χ0) is 23.0. The summed E-state index contributed by atoms with van der Waals surface area (Å²) in [6, 6.07) is 16.6. The molecule has 7 heteroatoms. The van der Waals surface area contributed by atoms with Crippen LogP contribution in [0.2, 0.25) is 0 Å². The molecule has 0 spiro atoms. The number of thioether (sulfide) groups is 1. The lowest BCUT2D eigenvalue weighted by molar-refractivity contribution is -0.121. The fraction of sp³-hybridized carbons (Fsp3) is 0.160. The van der Waals surface area contributed by atoms with Crippen molar-refractivity contribution in [3.8, 4) is 5.69 Å². The second-order valence-corrected chi connectivity index (χ2v) is 8.68. The second-order valence-electron chi connectivity index (χ2n) is 7.67. The van der Waals surface area contributed by atoms with E-state index in [0.717, 1.165) is 22.6 Å². The fourth-order valence-corrected chi connectivity index (χ4v) is 4.68. The molecule has 3 aromatic rings. The smallest absolute Gasteiger partial charge is 0.335 e. The van der Waals surface area contributed by atoms with Crippen LogP contribution in [0, 0.1) is 20.8 Å². The Balaban J connectivity index is 1.66. The molecule has 0 radical (unpaired) electrons. The van der Waals surface area contributed by atoms with E-state index in [9.17, 15) is 9.59 Å². The van der Waals surface area contributed by atoms with Crippen LogP contribution in [0.15, 0.2) is 64.5 Å². The van der Waals surface area contributed by atoms with E-state index in [-0.39, 0.29) is 11.5 Å². The first-order valence-electron chi connectivity index (χ1n) is 10.1. The molecule has 0 saturated carbocycles. The number of para-hydroxylation sites is 1. The third-order valence-electron chi connectivity index (χ3n) is 5.46. The summed E-state index contributed by atoms with van der Waals surface area (Å²) in [6.45, 7) is 6.20. The molecule has 1 N–H and O–H groups in total. The molecule has 1 aromatic heterocycles. The monoisotopic (exact) mass is 445 g/mol. The number of hydrogen-bond acceptors (Lipinski definition) is 4. The summed E-state index contributed by atoms with van der Waals surface area (Å²) in [5.74, 6) is -1.10. The van der Waals surface area contributed by atoms with E-state index >= 15 is 0 Å². The highest BCUT2D eigenvalue weighted by molar-refractivity contribution is 8.18. The van der Waals surface area contributed by atoms with Gasteiger partial charge in [0.2, 0.25) is 0 Å². The lowest BCUT2D eigenvalue weighted by Gasteiger charge is -2.12. The molecular formula is C25H23N3O3S. The Morgan fingerprint density at radius 1 is 1.06 bits per heavy atom. The number of carbonyl (C=O) groups is 2. The highest BCUT2D eigenvalue weighted by atomic mass is 32.2. The molecule has 1 saturated heterocycles. The van der Waals surface area contributed by atoms with Crippen LogP contribution in [0.1, 0.15) is 32.9 Å². The van der Waals surface area contributed by atoms with Crippen molar-refractivity contribution in [3.63, 3.8) is 0 Å². The summed E-state index contributed by atoms with van der Waals surface area (Å²) in [5, 5.41) is 9.59. The molecule has 0 atom stereocenters. The van der Waals surface area contributed by atoms with Crippen LogP contribution in [-0.2, 0) is 4.79 Å². The Hall–Kier alpha value is -3.58. The Morgan fingerprint density at radius 2 is 1.75 bits per heavy atom. The van der Waals surface area contributed by atoms with Crippen LogP contribution in [0.5, 0.6) is 0 Å². The second kappa shape index (κ2) is 8.51. The van der Waals surface area contributed by atoms with Gasteiger partial charge >= 0.3 is 5.97 Å². The zero-order valence-corrected chi connectivity index (χ0v) is 19.1. The fourth-order valence-electron chi connectivity index (χ4n) is 3.70. The van der Waals surface area contributed by atoms with Gasteiger partial charge in [0, 0.05) is 24.1 Å². The van der Waals surface area contributed by atoms with E-state index in [1.807, 2.05) is 18.2 Å². The molecule has 1 amide bonds. The van der Waals surface area contributed by atoms with Gasteiger partial charge in [-0.3, -0.25) is 9.69 Å². The van der Waals surface area contributed by atoms with Crippen LogP contribution in [0.25, 0.3) is 11.8 Å². The van der Waals surface area contributed by atoms with Crippen LogP contribution >= 0.6 is 11.8 Å². The van der Waals surface area contributed by atoms with E-state index in [0.29, 0.717) is 15.8 Å². The van der Waals surface area contributed by atoms with E-state index in [1.54, 1.807) is 19.2 Å². The summed E-state index contributed by atoms with van der Waals surface area (Å²) in [6.07, 6.45) is 1.91. The molecule has 1 aliphatic heterocycles. The number of amidine groups is 1. The first-order chi connectivity index (χ1) is 15.3. The number of carboxylic acid groups (broad SMARTS) is 1. The van der Waals surface area contributed by atoms with E-state index in [1.165, 1.54) is 34.4 Å². The van der Waals surface area contributed by atoms with Gasteiger partial charge in [0.25, 0.3) is 5.91 Å². The maximum Gasteiger partial charge on any atom is 0.335 e. The zero-order valence-electron chi connectivity index (χ0n) is 18.3. The van der Waals surface area contributed by atoms with E-state index in [4.69, 9.17) is 5.11 Å². The molecule has 1 aliphatic rings. The van der Waals surface area contributed by atoms with Crippen molar-refractivity contribution in [1.29, 1.82) is 0 Å². The lowest BCUT2D eigenvalue weighted by Crippen LogP contribution is -2.23. The molecule has 0 aliphatic carbocycles. The average Bonchev–Trinajstić information content (AvgIpc) is 3.19. The Morgan fingerprint density at radius 3 is 2.41 bits per heavy atom. The van der Waals surface area contributed by atoms with Crippen molar-refractivity contribution >= 4 is 40.6 Å². The van der Waals surface area contributed by atoms with Crippen LogP contribution in [0.4, 0.5) is 5.69 Å². The minimum atomic E-state index is -0.986. The van der Waals surface area contributed by atoms with Gasteiger partial charge in [0.1, 0.15) is 0 Å². The quantitative estimate of drug-likeness (QED) is 0.551. The number of carbonyl (C=O) groups excluding carboxylic acids is 1. The molecule has 1 fully saturated rings. The maximum atomic E-state index is 12.9. The minimum absolute atomic E-state index is 0.114. The molecule has 0 unspecified atom stereocenters. The van der Waals surface area contributed by atoms with Gasteiger partial charge in [-0.05, 0) is 86.1 Å². The van der Waals surface area contributed by atoms with Crippen LogP contribution in [0.3, 0.4) is 0 Å². The van der Waals surface area contributed by atoms with Gasteiger partial charge in [-0.15, -0.1) is 0 Å². The predicted octanol–water partition coefficient (Wildman–Crippen LogP) is 5.33. The average molecular weight is 446 g/mol. The number of likely N-dealkylation sites (N-methyl/N-ethyl adjacent to an activating group) is 1. The highest BCUT2D eigenvalue weighted by Crippen LogP contribution is 2.34. The number of rotatable bonds is 4. The number of amides is 1. The Labute approximate surface area is 190 Å². The van der Waals surface area contributed by atoms with Crippen molar-refractivity contribution in [1.82, 2.24) is 9.47 Å². The number of benzene rings is 2. The van der Waals surface area contributed by atoms with Crippen molar-refractivity contribution in [2.75, 3.05) is 7.05 Å². The predicted molar refractivity (Wildman–Crippen MR) is 129 cm³/mol. The lowest BCUT2D eigenvalue weighted by atomic mass is 10.2. The number of hydrogen-bond donors (Lipinski definition) is 1. The van der Waals surface area contributed by atoms with Gasteiger partial charge in [-0.25, -0.2) is 9.79 Å². The number of aryl methyl sites for hydroxylation is 2. The summed E-state index contributed by atoms with van der Waals surface area (Å²) >= 11 is 1.31. The largest absolute Gasteiger partial charge is 0.478 e. The number of aromatic nitrogens is 1. The maximum absolute atomic E-state index is 12.9. The van der Waals surface area contributed by atoms with Gasteiger partial charge in [-0.2, -0.15) is 0 Å². The SMILES string of the molecule is Cc1ccccc1-n1c(C)cc(/C=C2\SC(=Nc3ccc(C(=O)O)cc3)N(C)C2=O)c1C. The number of aromatic carboxylic acids is 1. The third kappa shape index (κ3) is 3.99. The summed E-state index contributed by atoms with van der Waals surface area (Å²) in [5.41, 5.74) is 6.25. The molecule has 4 rings (SSSR count). The van der Waals surface area contributed by atoms with E-state index < -0.39 is 5.97 Å².